The number of furan rings is 1. The van der Waals surface area contributed by atoms with E-state index in [1.165, 1.54) is 0 Å². The normalized spacial score (nSPS) is 11.3. The average molecular weight is 279 g/mol. The first-order chi connectivity index (χ1) is 7.56. The first kappa shape index (κ1) is 12.1. The van der Waals surface area contributed by atoms with Gasteiger partial charge >= 0.3 is 0 Å². The second-order valence-electron chi connectivity index (χ2n) is 3.54. The fourth-order valence-corrected chi connectivity index (χ4v) is 2.47. The molecule has 0 saturated carbocycles. The van der Waals surface area contributed by atoms with Crippen LogP contribution in [0.1, 0.15) is 11.3 Å². The SMILES string of the molecule is CNCc1oc2c(Cl)cc(Cl)c(Cl)c2c1C. The number of halogens is 3. The topological polar surface area (TPSA) is 25.2 Å². The van der Waals surface area contributed by atoms with E-state index in [1.807, 2.05) is 14.0 Å². The minimum Gasteiger partial charge on any atom is -0.458 e. The number of benzene rings is 1. The van der Waals surface area contributed by atoms with E-state index in [0.717, 1.165) is 16.7 Å². The minimum atomic E-state index is 0.444. The van der Waals surface area contributed by atoms with Crippen molar-refractivity contribution in [1.29, 1.82) is 0 Å². The molecule has 0 unspecified atom stereocenters. The van der Waals surface area contributed by atoms with Gasteiger partial charge in [-0.15, -0.1) is 0 Å². The van der Waals surface area contributed by atoms with E-state index in [2.05, 4.69) is 5.32 Å². The molecule has 16 heavy (non-hydrogen) atoms. The summed E-state index contributed by atoms with van der Waals surface area (Å²) in [6.07, 6.45) is 0. The van der Waals surface area contributed by atoms with Crippen molar-refractivity contribution in [3.63, 3.8) is 0 Å². The molecule has 0 amide bonds. The molecule has 2 nitrogen and oxygen atoms in total. The maximum Gasteiger partial charge on any atom is 0.154 e. The Bertz CT molecular complexity index is 548. The summed E-state index contributed by atoms with van der Waals surface area (Å²) in [4.78, 5) is 0. The van der Waals surface area contributed by atoms with Crippen molar-refractivity contribution in [2.24, 2.45) is 0 Å². The molecule has 1 aromatic carbocycles. The van der Waals surface area contributed by atoms with Gasteiger partial charge in [-0.3, -0.25) is 0 Å². The zero-order valence-electron chi connectivity index (χ0n) is 8.83. The Kier molecular flexibility index (Phi) is 3.36. The van der Waals surface area contributed by atoms with E-state index in [0.29, 0.717) is 27.2 Å². The van der Waals surface area contributed by atoms with Crippen molar-refractivity contribution in [1.82, 2.24) is 5.32 Å². The summed E-state index contributed by atoms with van der Waals surface area (Å²) in [5.41, 5.74) is 1.57. The molecule has 2 aromatic rings. The van der Waals surface area contributed by atoms with Crippen LogP contribution in [0.25, 0.3) is 11.0 Å². The Hall–Kier alpha value is -0.410. The lowest BCUT2D eigenvalue weighted by molar-refractivity contribution is 0.527. The highest BCUT2D eigenvalue weighted by Gasteiger charge is 2.17. The van der Waals surface area contributed by atoms with Gasteiger partial charge in [-0.05, 0) is 20.0 Å². The average Bonchev–Trinajstić information content (AvgIpc) is 2.55. The van der Waals surface area contributed by atoms with Gasteiger partial charge in [0.2, 0.25) is 0 Å². The smallest absolute Gasteiger partial charge is 0.154 e. The molecule has 0 fully saturated rings. The second kappa shape index (κ2) is 4.46. The van der Waals surface area contributed by atoms with Crippen molar-refractivity contribution in [3.05, 3.63) is 32.5 Å². The summed E-state index contributed by atoms with van der Waals surface area (Å²) in [6, 6.07) is 1.60. The quantitative estimate of drug-likeness (QED) is 0.823. The Morgan fingerprint density at radius 3 is 2.56 bits per heavy atom. The molecule has 5 heteroatoms. The van der Waals surface area contributed by atoms with Gasteiger partial charge in [-0.25, -0.2) is 0 Å². The van der Waals surface area contributed by atoms with Crippen LogP contribution in [0, 0.1) is 6.92 Å². The Balaban J connectivity index is 2.80. The highest BCUT2D eigenvalue weighted by Crippen LogP contribution is 2.40. The molecule has 0 bridgehead atoms. The van der Waals surface area contributed by atoms with Crippen LogP contribution in [-0.4, -0.2) is 7.05 Å². The zero-order chi connectivity index (χ0) is 11.9. The maximum atomic E-state index is 6.15. The lowest BCUT2D eigenvalue weighted by atomic mass is 10.1. The van der Waals surface area contributed by atoms with Crippen LogP contribution in [0.3, 0.4) is 0 Å². The number of nitrogens with one attached hydrogen (secondary N) is 1. The zero-order valence-corrected chi connectivity index (χ0v) is 11.1. The van der Waals surface area contributed by atoms with Gasteiger partial charge < -0.3 is 9.73 Å². The third-order valence-corrected chi connectivity index (χ3v) is 3.55. The summed E-state index contributed by atoms with van der Waals surface area (Å²) < 4.78 is 5.67. The van der Waals surface area contributed by atoms with Crippen LogP contribution < -0.4 is 5.32 Å². The molecule has 0 aliphatic carbocycles. The predicted molar refractivity (Wildman–Crippen MR) is 68.7 cm³/mol. The molecule has 1 aromatic heterocycles. The number of hydrogen-bond donors (Lipinski definition) is 1. The lowest BCUT2D eigenvalue weighted by Gasteiger charge is -1.99. The first-order valence-corrected chi connectivity index (χ1v) is 5.89. The molecule has 86 valence electrons. The standard InChI is InChI=1S/C11H10Cl3NO/c1-5-8(4-15-2)16-11-7(13)3-6(12)10(14)9(5)11/h3,15H,4H2,1-2H3. The molecule has 0 radical (unpaired) electrons. The van der Waals surface area contributed by atoms with Crippen LogP contribution in [0.15, 0.2) is 10.5 Å². The summed E-state index contributed by atoms with van der Waals surface area (Å²) in [5.74, 6) is 0.823. The van der Waals surface area contributed by atoms with Crippen LogP contribution in [0.2, 0.25) is 15.1 Å². The van der Waals surface area contributed by atoms with Gasteiger partial charge in [0.15, 0.2) is 5.58 Å². The highest BCUT2D eigenvalue weighted by molar-refractivity contribution is 6.47. The highest BCUT2D eigenvalue weighted by atomic mass is 35.5. The Morgan fingerprint density at radius 1 is 1.25 bits per heavy atom. The van der Waals surface area contributed by atoms with Gasteiger partial charge in [-0.1, -0.05) is 34.8 Å². The summed E-state index contributed by atoms with van der Waals surface area (Å²) in [5, 5.41) is 5.24. The van der Waals surface area contributed by atoms with E-state index >= 15 is 0 Å². The van der Waals surface area contributed by atoms with E-state index in [-0.39, 0.29) is 0 Å². The largest absolute Gasteiger partial charge is 0.458 e. The summed E-state index contributed by atoms with van der Waals surface area (Å²) in [6.45, 7) is 2.57. The second-order valence-corrected chi connectivity index (χ2v) is 4.73. The molecule has 0 aliphatic rings. The van der Waals surface area contributed by atoms with E-state index < -0.39 is 0 Å². The van der Waals surface area contributed by atoms with Crippen LogP contribution in [-0.2, 0) is 6.54 Å². The molecular weight excluding hydrogens is 268 g/mol. The van der Waals surface area contributed by atoms with Gasteiger partial charge in [0.25, 0.3) is 0 Å². The van der Waals surface area contributed by atoms with Gasteiger partial charge in [-0.2, -0.15) is 0 Å². The maximum absolute atomic E-state index is 6.15. The number of fused-ring (bicyclic) bond motifs is 1. The van der Waals surface area contributed by atoms with E-state index in [9.17, 15) is 0 Å². The Labute approximate surface area is 108 Å². The van der Waals surface area contributed by atoms with Gasteiger partial charge in [0, 0.05) is 10.9 Å². The van der Waals surface area contributed by atoms with Crippen molar-refractivity contribution in [2.45, 2.75) is 13.5 Å². The number of rotatable bonds is 2. The molecule has 1 heterocycles. The van der Waals surface area contributed by atoms with E-state index in [1.54, 1.807) is 6.07 Å². The third kappa shape index (κ3) is 1.80. The van der Waals surface area contributed by atoms with Crippen molar-refractivity contribution >= 4 is 45.8 Å². The fraction of sp³-hybridized carbons (Fsp3) is 0.273. The van der Waals surface area contributed by atoms with Gasteiger partial charge in [0.1, 0.15) is 5.76 Å². The minimum absolute atomic E-state index is 0.444. The Morgan fingerprint density at radius 2 is 1.94 bits per heavy atom. The third-order valence-electron chi connectivity index (χ3n) is 2.48. The molecule has 0 spiro atoms. The molecule has 1 N–H and O–H groups in total. The molecule has 0 atom stereocenters. The molecular formula is C11H10Cl3NO. The molecule has 0 saturated heterocycles. The van der Waals surface area contributed by atoms with Crippen LogP contribution in [0.4, 0.5) is 0 Å². The first-order valence-electron chi connectivity index (χ1n) is 4.76. The monoisotopic (exact) mass is 277 g/mol. The van der Waals surface area contributed by atoms with Crippen molar-refractivity contribution in [2.75, 3.05) is 7.05 Å². The molecule has 2 rings (SSSR count). The van der Waals surface area contributed by atoms with E-state index in [4.69, 9.17) is 39.2 Å². The predicted octanol–water partition coefficient (Wildman–Crippen LogP) is 4.42. The van der Waals surface area contributed by atoms with Crippen LogP contribution >= 0.6 is 34.8 Å². The van der Waals surface area contributed by atoms with Gasteiger partial charge in [0.05, 0.1) is 21.6 Å². The van der Waals surface area contributed by atoms with Crippen molar-refractivity contribution < 1.29 is 4.42 Å². The lowest BCUT2D eigenvalue weighted by Crippen LogP contribution is -2.04. The van der Waals surface area contributed by atoms with Crippen molar-refractivity contribution in [3.8, 4) is 0 Å². The number of aryl methyl sites for hydroxylation is 1. The summed E-state index contributed by atoms with van der Waals surface area (Å²) in [7, 11) is 1.85. The summed E-state index contributed by atoms with van der Waals surface area (Å²) >= 11 is 18.2. The number of hydrogen-bond acceptors (Lipinski definition) is 2. The fourth-order valence-electron chi connectivity index (χ4n) is 1.68. The van der Waals surface area contributed by atoms with Crippen LogP contribution in [0.5, 0.6) is 0 Å². The molecule has 0 aliphatic heterocycles.